The van der Waals surface area contributed by atoms with Crippen LogP contribution in [0.1, 0.15) is 51.0 Å². The Balaban J connectivity index is 1.31. The molecule has 5 rings (SSSR count). The van der Waals surface area contributed by atoms with E-state index in [1.165, 1.54) is 33.2 Å². The Morgan fingerprint density at radius 3 is 2.60 bits per heavy atom. The van der Waals surface area contributed by atoms with Crippen molar-refractivity contribution in [3.8, 4) is 0 Å². The predicted octanol–water partition coefficient (Wildman–Crippen LogP) is 6.56. The summed E-state index contributed by atoms with van der Waals surface area (Å²) in [6.07, 6.45) is 1.11. The van der Waals surface area contributed by atoms with Crippen LogP contribution in [0.4, 0.5) is 0 Å². The molecule has 4 aromatic rings. The third-order valence-electron chi connectivity index (χ3n) is 7.27. The van der Waals surface area contributed by atoms with Gasteiger partial charge in [-0.15, -0.1) is 11.3 Å². The second-order valence-electron chi connectivity index (χ2n) is 9.57. The van der Waals surface area contributed by atoms with Gasteiger partial charge >= 0.3 is 5.97 Å². The molecule has 0 radical (unpaired) electrons. The number of piperidine rings is 1. The van der Waals surface area contributed by atoms with Crippen LogP contribution in [-0.4, -0.2) is 35.6 Å². The van der Waals surface area contributed by atoms with E-state index in [0.29, 0.717) is 16.7 Å². The third kappa shape index (κ3) is 5.48. The van der Waals surface area contributed by atoms with E-state index in [1.807, 2.05) is 6.07 Å². The van der Waals surface area contributed by atoms with Gasteiger partial charge in [-0.1, -0.05) is 72.8 Å². The van der Waals surface area contributed by atoms with Crippen molar-refractivity contribution in [2.45, 2.75) is 31.8 Å². The summed E-state index contributed by atoms with van der Waals surface area (Å²) in [5, 5.41) is 15.7. The number of nitrogens with one attached hydrogen (secondary N) is 1. The number of carboxylic acids is 1. The summed E-state index contributed by atoms with van der Waals surface area (Å²) < 4.78 is 0. The van der Waals surface area contributed by atoms with E-state index in [2.05, 4.69) is 89.9 Å². The smallest absolute Gasteiger partial charge is 0.345 e. The molecule has 1 aliphatic rings. The van der Waals surface area contributed by atoms with Gasteiger partial charge in [0.05, 0.1) is 0 Å². The van der Waals surface area contributed by atoms with E-state index >= 15 is 0 Å². The number of hydrogen-bond donors (Lipinski definition) is 2. The summed E-state index contributed by atoms with van der Waals surface area (Å²) in [5.41, 5.74) is 2.76. The molecule has 0 aliphatic carbocycles. The summed E-state index contributed by atoms with van der Waals surface area (Å²) in [7, 11) is 0. The average molecular weight is 485 g/mol. The number of thiophene rings is 1. The zero-order valence-electron chi connectivity index (χ0n) is 20.1. The van der Waals surface area contributed by atoms with Crippen molar-refractivity contribution >= 4 is 28.1 Å². The van der Waals surface area contributed by atoms with E-state index in [1.54, 1.807) is 6.07 Å². The van der Waals surface area contributed by atoms with Crippen LogP contribution in [0.15, 0.2) is 84.9 Å². The van der Waals surface area contributed by atoms with Gasteiger partial charge in [0.1, 0.15) is 4.88 Å². The molecule has 3 aromatic carbocycles. The second-order valence-corrected chi connectivity index (χ2v) is 10.7. The average Bonchev–Trinajstić information content (AvgIpc) is 3.36. The Bertz CT molecular complexity index is 1280. The molecule has 0 spiro atoms. The highest BCUT2D eigenvalue weighted by atomic mass is 32.1. The first-order valence-electron chi connectivity index (χ1n) is 12.4. The van der Waals surface area contributed by atoms with Crippen LogP contribution in [0.25, 0.3) is 10.8 Å². The van der Waals surface area contributed by atoms with Crippen LogP contribution in [0.3, 0.4) is 0 Å². The lowest BCUT2D eigenvalue weighted by molar-refractivity contribution is 0.0702. The van der Waals surface area contributed by atoms with Crippen LogP contribution in [0.2, 0.25) is 0 Å². The fraction of sp³-hybridized carbons (Fsp3) is 0.300. The van der Waals surface area contributed by atoms with Crippen molar-refractivity contribution in [3.05, 3.63) is 106 Å². The molecule has 1 saturated heterocycles. The van der Waals surface area contributed by atoms with Gasteiger partial charge in [0.2, 0.25) is 0 Å². The molecule has 2 N–H and O–H groups in total. The number of aromatic carboxylic acids is 1. The molecular formula is C30H32N2O2S. The van der Waals surface area contributed by atoms with Crippen molar-refractivity contribution < 1.29 is 9.90 Å². The van der Waals surface area contributed by atoms with E-state index in [9.17, 15) is 9.90 Å². The molecule has 5 heteroatoms. The maximum absolute atomic E-state index is 11.3. The normalized spacial score (nSPS) is 19.6. The molecule has 1 fully saturated rings. The highest BCUT2D eigenvalue weighted by molar-refractivity contribution is 7.13. The highest BCUT2D eigenvalue weighted by Crippen LogP contribution is 2.34. The van der Waals surface area contributed by atoms with Crippen LogP contribution < -0.4 is 5.32 Å². The maximum atomic E-state index is 11.3. The van der Waals surface area contributed by atoms with Gasteiger partial charge in [-0.2, -0.15) is 0 Å². The Morgan fingerprint density at radius 1 is 1.03 bits per heavy atom. The number of rotatable bonds is 8. The van der Waals surface area contributed by atoms with Crippen LogP contribution in [0.5, 0.6) is 0 Å². The first kappa shape index (κ1) is 23.7. The number of carboxylic acid groups (broad SMARTS) is 1. The van der Waals surface area contributed by atoms with Crippen LogP contribution in [0, 0.1) is 5.92 Å². The van der Waals surface area contributed by atoms with Crippen molar-refractivity contribution in [3.63, 3.8) is 0 Å². The predicted molar refractivity (Wildman–Crippen MR) is 144 cm³/mol. The fourth-order valence-corrected chi connectivity index (χ4v) is 6.35. The molecule has 2 unspecified atom stereocenters. The summed E-state index contributed by atoms with van der Waals surface area (Å²) in [6.45, 7) is 6.03. The monoisotopic (exact) mass is 484 g/mol. The lowest BCUT2D eigenvalue weighted by Gasteiger charge is -2.39. The number of benzene rings is 3. The lowest BCUT2D eigenvalue weighted by Crippen LogP contribution is -2.43. The molecule has 35 heavy (non-hydrogen) atoms. The van der Waals surface area contributed by atoms with E-state index < -0.39 is 5.97 Å². The Kier molecular flexibility index (Phi) is 7.28. The zero-order valence-corrected chi connectivity index (χ0v) is 20.9. The molecular weight excluding hydrogens is 452 g/mol. The minimum atomic E-state index is -0.839. The van der Waals surface area contributed by atoms with Crippen molar-refractivity contribution in [1.82, 2.24) is 10.2 Å². The Hall–Kier alpha value is -2.99. The summed E-state index contributed by atoms with van der Waals surface area (Å²) in [4.78, 5) is 15.3. The van der Waals surface area contributed by atoms with Crippen molar-refractivity contribution in [2.24, 2.45) is 5.92 Å². The van der Waals surface area contributed by atoms with E-state index in [4.69, 9.17) is 0 Å². The third-order valence-corrected chi connectivity index (χ3v) is 8.33. The molecule has 1 aliphatic heterocycles. The number of likely N-dealkylation sites (tertiary alicyclic amines) is 1. The standard InChI is InChI=1S/C30H32N2O2S/c1-21(26-13-7-11-23-10-5-6-12-28(23)26)31-18-24-19-32(20-25-14-15-29(35-25)30(33)34)17-16-27(24)22-8-3-2-4-9-22/h2-15,21,24,27,31H,16-20H2,1H3,(H,33,34)/t21-,24?,27?/m1/s1. The van der Waals surface area contributed by atoms with Gasteiger partial charge in [0.25, 0.3) is 0 Å². The molecule has 1 aromatic heterocycles. The number of nitrogens with zero attached hydrogens (tertiary/aromatic N) is 1. The van der Waals surface area contributed by atoms with Gasteiger partial charge in [-0.05, 0) is 65.8 Å². The first-order chi connectivity index (χ1) is 17.1. The van der Waals surface area contributed by atoms with Gasteiger partial charge in [-0.3, -0.25) is 4.90 Å². The molecule has 0 bridgehead atoms. The quantitative estimate of drug-likeness (QED) is 0.298. The van der Waals surface area contributed by atoms with Crippen molar-refractivity contribution in [1.29, 1.82) is 0 Å². The molecule has 2 heterocycles. The highest BCUT2D eigenvalue weighted by Gasteiger charge is 2.31. The fourth-order valence-electron chi connectivity index (χ4n) is 5.46. The zero-order chi connectivity index (χ0) is 24.2. The second kappa shape index (κ2) is 10.7. The summed E-state index contributed by atoms with van der Waals surface area (Å²) in [5.74, 6) is 0.147. The van der Waals surface area contributed by atoms with Gasteiger partial charge in [-0.25, -0.2) is 4.79 Å². The SMILES string of the molecule is C[C@@H](NCC1CN(Cc2ccc(C(=O)O)s2)CCC1c1ccccc1)c1cccc2ccccc12. The van der Waals surface area contributed by atoms with Crippen molar-refractivity contribution in [2.75, 3.05) is 19.6 Å². The largest absolute Gasteiger partial charge is 0.477 e. The van der Waals surface area contributed by atoms with Gasteiger partial charge in [0.15, 0.2) is 0 Å². The molecule has 3 atom stereocenters. The number of carbonyl (C=O) groups is 1. The van der Waals surface area contributed by atoms with Gasteiger partial charge < -0.3 is 10.4 Å². The number of fused-ring (bicyclic) bond motifs is 1. The topological polar surface area (TPSA) is 52.6 Å². The summed E-state index contributed by atoms with van der Waals surface area (Å²) in [6, 6.07) is 30.0. The summed E-state index contributed by atoms with van der Waals surface area (Å²) >= 11 is 1.39. The number of hydrogen-bond acceptors (Lipinski definition) is 4. The van der Waals surface area contributed by atoms with E-state index in [0.717, 1.165) is 37.5 Å². The lowest BCUT2D eigenvalue weighted by atomic mass is 9.80. The molecule has 0 amide bonds. The van der Waals surface area contributed by atoms with E-state index in [-0.39, 0.29) is 6.04 Å². The van der Waals surface area contributed by atoms with Crippen LogP contribution in [-0.2, 0) is 6.54 Å². The molecule has 0 saturated carbocycles. The minimum Gasteiger partial charge on any atom is -0.477 e. The Morgan fingerprint density at radius 2 is 1.80 bits per heavy atom. The maximum Gasteiger partial charge on any atom is 0.345 e. The van der Waals surface area contributed by atoms with Crippen LogP contribution >= 0.6 is 11.3 Å². The Labute approximate surface area is 211 Å². The minimum absolute atomic E-state index is 0.253. The molecule has 4 nitrogen and oxygen atoms in total. The first-order valence-corrected chi connectivity index (χ1v) is 13.2. The van der Waals surface area contributed by atoms with Gasteiger partial charge in [0, 0.05) is 30.6 Å². The molecule has 180 valence electrons.